The third-order valence-electron chi connectivity index (χ3n) is 2.64. The second-order valence-electron chi connectivity index (χ2n) is 4.07. The van der Waals surface area contributed by atoms with Crippen LogP contribution in [0.4, 0.5) is 24.5 Å². The summed E-state index contributed by atoms with van der Waals surface area (Å²) < 4.78 is 40.4. The van der Waals surface area contributed by atoms with Crippen molar-refractivity contribution in [3.63, 3.8) is 0 Å². The van der Waals surface area contributed by atoms with E-state index in [0.29, 0.717) is 10.5 Å². The minimum atomic E-state index is -1.76. The number of nitrogens with one attached hydrogen (secondary N) is 1. The second kappa shape index (κ2) is 5.65. The summed E-state index contributed by atoms with van der Waals surface area (Å²) in [5.74, 6) is -7.48. The number of nitrogen functional groups attached to an aromatic ring is 1. The summed E-state index contributed by atoms with van der Waals surface area (Å²) in [6.07, 6.45) is 0. The zero-order valence-corrected chi connectivity index (χ0v) is 11.8. The first-order chi connectivity index (χ1) is 9.81. The summed E-state index contributed by atoms with van der Waals surface area (Å²) in [5, 5.41) is 11.3. The van der Waals surface area contributed by atoms with E-state index in [1.165, 1.54) is 12.1 Å². The molecular formula is C13H8BrF3N2O2. The third kappa shape index (κ3) is 2.94. The molecule has 110 valence electrons. The lowest BCUT2D eigenvalue weighted by atomic mass is 10.1. The van der Waals surface area contributed by atoms with Gasteiger partial charge in [-0.05, 0) is 24.3 Å². The fourth-order valence-corrected chi connectivity index (χ4v) is 1.97. The van der Waals surface area contributed by atoms with Gasteiger partial charge in [0.2, 0.25) is 5.82 Å². The van der Waals surface area contributed by atoms with Crippen LogP contribution < -0.4 is 11.1 Å². The van der Waals surface area contributed by atoms with Crippen LogP contribution >= 0.6 is 15.9 Å². The van der Waals surface area contributed by atoms with Crippen LogP contribution in [0, 0.1) is 17.5 Å². The number of aromatic hydroxyl groups is 1. The van der Waals surface area contributed by atoms with Crippen LogP contribution in [-0.2, 0) is 0 Å². The molecule has 0 aromatic heterocycles. The summed E-state index contributed by atoms with van der Waals surface area (Å²) in [4.78, 5) is 11.9. The molecule has 4 nitrogen and oxygen atoms in total. The zero-order chi connectivity index (χ0) is 15.7. The van der Waals surface area contributed by atoms with Gasteiger partial charge in [0.05, 0.1) is 16.9 Å². The molecule has 0 atom stereocenters. The Bertz CT molecular complexity index is 738. The molecule has 0 saturated carbocycles. The van der Waals surface area contributed by atoms with E-state index in [-0.39, 0.29) is 11.4 Å². The van der Waals surface area contributed by atoms with Crippen LogP contribution in [0.2, 0.25) is 0 Å². The quantitative estimate of drug-likeness (QED) is 0.567. The van der Waals surface area contributed by atoms with Gasteiger partial charge in [0.1, 0.15) is 0 Å². The summed E-state index contributed by atoms with van der Waals surface area (Å²) in [5.41, 5.74) is 5.15. The fourth-order valence-electron chi connectivity index (χ4n) is 1.59. The Morgan fingerprint density at radius 3 is 2.48 bits per heavy atom. The second-order valence-corrected chi connectivity index (χ2v) is 4.98. The lowest BCUT2D eigenvalue weighted by Gasteiger charge is -2.10. The van der Waals surface area contributed by atoms with Crippen LogP contribution in [0.15, 0.2) is 28.7 Å². The number of amides is 1. The topological polar surface area (TPSA) is 75.3 Å². The van der Waals surface area contributed by atoms with Gasteiger partial charge >= 0.3 is 0 Å². The number of phenolic OH excluding ortho intramolecular Hbond substituents is 1. The molecule has 2 aromatic carbocycles. The standard InChI is InChI=1S/C13H8BrF3N2O2/c14-5-1-2-9(8(18)3-5)19-13(21)6-4-7(15)11(17)12(20)10(6)16/h1-4,20H,18H2,(H,19,21). The largest absolute Gasteiger partial charge is 0.503 e. The molecule has 2 aromatic rings. The van der Waals surface area contributed by atoms with Gasteiger partial charge in [-0.3, -0.25) is 4.79 Å². The van der Waals surface area contributed by atoms with Crippen LogP contribution in [0.5, 0.6) is 5.75 Å². The minimum Gasteiger partial charge on any atom is -0.503 e. The molecule has 1 amide bonds. The molecule has 0 bridgehead atoms. The van der Waals surface area contributed by atoms with Crippen molar-refractivity contribution in [1.29, 1.82) is 0 Å². The average molecular weight is 361 g/mol. The Morgan fingerprint density at radius 2 is 1.86 bits per heavy atom. The van der Waals surface area contributed by atoms with Crippen molar-refractivity contribution in [3.05, 3.63) is 51.8 Å². The number of benzene rings is 2. The molecule has 8 heteroatoms. The Balaban J connectivity index is 2.37. The van der Waals surface area contributed by atoms with Gasteiger partial charge in [-0.2, -0.15) is 4.39 Å². The highest BCUT2D eigenvalue weighted by Gasteiger charge is 2.22. The molecule has 0 aliphatic heterocycles. The summed E-state index contributed by atoms with van der Waals surface area (Å²) >= 11 is 3.17. The van der Waals surface area contributed by atoms with Crippen LogP contribution in [0.25, 0.3) is 0 Å². The van der Waals surface area contributed by atoms with E-state index >= 15 is 0 Å². The minimum absolute atomic E-state index is 0.159. The Labute approximate surface area is 125 Å². The van der Waals surface area contributed by atoms with E-state index < -0.39 is 34.7 Å². The summed E-state index contributed by atoms with van der Waals surface area (Å²) in [7, 11) is 0. The lowest BCUT2D eigenvalue weighted by Crippen LogP contribution is -2.16. The normalized spacial score (nSPS) is 10.5. The van der Waals surface area contributed by atoms with Crippen molar-refractivity contribution in [2.75, 3.05) is 11.1 Å². The van der Waals surface area contributed by atoms with Crippen molar-refractivity contribution >= 4 is 33.2 Å². The molecule has 0 unspecified atom stereocenters. The maximum Gasteiger partial charge on any atom is 0.258 e. The van der Waals surface area contributed by atoms with Gasteiger partial charge in [0.15, 0.2) is 17.4 Å². The lowest BCUT2D eigenvalue weighted by molar-refractivity contribution is 0.102. The highest BCUT2D eigenvalue weighted by Crippen LogP contribution is 2.28. The van der Waals surface area contributed by atoms with Gasteiger partial charge < -0.3 is 16.2 Å². The Kier molecular flexibility index (Phi) is 4.08. The number of hydrogen-bond donors (Lipinski definition) is 3. The number of hydrogen-bond acceptors (Lipinski definition) is 3. The first kappa shape index (κ1) is 15.2. The summed E-state index contributed by atoms with van der Waals surface area (Å²) in [6.45, 7) is 0. The van der Waals surface area contributed by atoms with Crippen molar-refractivity contribution in [3.8, 4) is 5.75 Å². The highest BCUT2D eigenvalue weighted by molar-refractivity contribution is 9.10. The van der Waals surface area contributed by atoms with Crippen LogP contribution in [0.1, 0.15) is 10.4 Å². The maximum absolute atomic E-state index is 13.6. The number of carbonyl (C=O) groups excluding carboxylic acids is 1. The zero-order valence-electron chi connectivity index (χ0n) is 10.3. The van der Waals surface area contributed by atoms with Gasteiger partial charge in [-0.15, -0.1) is 0 Å². The SMILES string of the molecule is Nc1cc(Br)ccc1NC(=O)c1cc(F)c(F)c(O)c1F. The third-order valence-corrected chi connectivity index (χ3v) is 3.13. The van der Waals surface area contributed by atoms with E-state index in [9.17, 15) is 18.0 Å². The number of carbonyl (C=O) groups is 1. The molecule has 0 spiro atoms. The Hall–Kier alpha value is -2.22. The highest BCUT2D eigenvalue weighted by atomic mass is 79.9. The van der Waals surface area contributed by atoms with Crippen molar-refractivity contribution in [2.45, 2.75) is 0 Å². The number of rotatable bonds is 2. The van der Waals surface area contributed by atoms with Gasteiger partial charge in [0, 0.05) is 4.47 Å². The van der Waals surface area contributed by atoms with E-state index in [1.807, 2.05) is 0 Å². The average Bonchev–Trinajstić information content (AvgIpc) is 2.43. The van der Waals surface area contributed by atoms with E-state index in [2.05, 4.69) is 21.2 Å². The first-order valence-corrected chi connectivity index (χ1v) is 6.33. The number of nitrogens with two attached hydrogens (primary N) is 1. The van der Waals surface area contributed by atoms with Crippen molar-refractivity contribution < 1.29 is 23.1 Å². The number of halogens is 4. The predicted molar refractivity (Wildman–Crippen MR) is 74.5 cm³/mol. The number of anilines is 2. The molecular weight excluding hydrogens is 353 g/mol. The molecule has 0 heterocycles. The monoisotopic (exact) mass is 360 g/mol. The molecule has 0 aliphatic rings. The Morgan fingerprint density at radius 1 is 1.19 bits per heavy atom. The van der Waals surface area contributed by atoms with Crippen LogP contribution in [0.3, 0.4) is 0 Å². The van der Waals surface area contributed by atoms with Crippen LogP contribution in [-0.4, -0.2) is 11.0 Å². The smallest absolute Gasteiger partial charge is 0.258 e. The van der Waals surface area contributed by atoms with Gasteiger partial charge in [-0.1, -0.05) is 15.9 Å². The first-order valence-electron chi connectivity index (χ1n) is 5.54. The van der Waals surface area contributed by atoms with Crippen molar-refractivity contribution in [1.82, 2.24) is 0 Å². The molecule has 4 N–H and O–H groups in total. The fraction of sp³-hybridized carbons (Fsp3) is 0. The maximum atomic E-state index is 13.6. The van der Waals surface area contributed by atoms with Gasteiger partial charge in [-0.25, -0.2) is 8.78 Å². The molecule has 0 aliphatic carbocycles. The molecule has 0 saturated heterocycles. The van der Waals surface area contributed by atoms with Crippen molar-refractivity contribution in [2.24, 2.45) is 0 Å². The summed E-state index contributed by atoms with van der Waals surface area (Å²) in [6, 6.07) is 4.86. The predicted octanol–water partition coefficient (Wildman–Crippen LogP) is 3.41. The number of phenols is 1. The van der Waals surface area contributed by atoms with Gasteiger partial charge in [0.25, 0.3) is 5.91 Å². The van der Waals surface area contributed by atoms with E-state index in [4.69, 9.17) is 10.8 Å². The molecule has 0 radical (unpaired) electrons. The van der Waals surface area contributed by atoms with E-state index in [1.54, 1.807) is 6.07 Å². The van der Waals surface area contributed by atoms with E-state index in [0.717, 1.165) is 0 Å². The molecule has 21 heavy (non-hydrogen) atoms. The molecule has 0 fully saturated rings. The molecule has 2 rings (SSSR count).